The molecule has 0 atom stereocenters. The molecule has 2 heterocycles. The number of carbonyl (C=O) groups is 1. The summed E-state index contributed by atoms with van der Waals surface area (Å²) >= 11 is 0. The predicted molar refractivity (Wildman–Crippen MR) is 126 cm³/mol. The number of rotatable bonds is 2. The summed E-state index contributed by atoms with van der Waals surface area (Å²) in [7, 11) is 0. The van der Waals surface area contributed by atoms with Gasteiger partial charge in [0.2, 0.25) is 0 Å². The van der Waals surface area contributed by atoms with Crippen molar-refractivity contribution in [3.05, 3.63) is 71.1 Å². The Balaban J connectivity index is 0.000000652. The third-order valence-electron chi connectivity index (χ3n) is 4.77. The Bertz CT molecular complexity index is 988. The lowest BCUT2D eigenvalue weighted by molar-refractivity contribution is -0.141. The lowest BCUT2D eigenvalue weighted by Gasteiger charge is -2.25. The molecular formula is C26H30F6N2O. The van der Waals surface area contributed by atoms with E-state index in [1.807, 2.05) is 11.7 Å². The smallest absolute Gasteiger partial charge is 0.366 e. The van der Waals surface area contributed by atoms with Gasteiger partial charge in [-0.1, -0.05) is 51.1 Å². The topological polar surface area (TPSA) is 33.2 Å². The Morgan fingerprint density at radius 1 is 0.971 bits per heavy atom. The maximum atomic E-state index is 12.7. The second-order valence-electron chi connectivity index (χ2n) is 8.73. The number of fused-ring (bicyclic) bond motifs is 1. The van der Waals surface area contributed by atoms with Crippen molar-refractivity contribution in [3.63, 3.8) is 0 Å². The van der Waals surface area contributed by atoms with Crippen LogP contribution in [0, 0.1) is 25.2 Å². The number of nitrogens with zero attached hydrogens (tertiary/aromatic N) is 2. The Kier molecular flexibility index (Phi) is 11.8. The SMILES string of the molecule is C#C.C=C1c2ccc(C(F)(F)F)nc2CN1CCC(C)(C)C.C=O.Cc1cccc(C(F)(F)F)c1. The number of alkyl halides is 6. The number of halogens is 6. The summed E-state index contributed by atoms with van der Waals surface area (Å²) in [5.74, 6) is 0. The first-order valence-corrected chi connectivity index (χ1v) is 10.4. The van der Waals surface area contributed by atoms with Crippen LogP contribution in [0.25, 0.3) is 5.70 Å². The zero-order chi connectivity index (χ0) is 27.6. The van der Waals surface area contributed by atoms with Gasteiger partial charge in [-0.2, -0.15) is 26.3 Å². The second kappa shape index (κ2) is 13.0. The van der Waals surface area contributed by atoms with Crippen LogP contribution in [0.15, 0.2) is 43.0 Å². The second-order valence-corrected chi connectivity index (χ2v) is 8.73. The van der Waals surface area contributed by atoms with E-state index in [9.17, 15) is 26.3 Å². The molecule has 0 bridgehead atoms. The minimum absolute atomic E-state index is 0.180. The first-order valence-electron chi connectivity index (χ1n) is 10.4. The molecule has 1 aliphatic rings. The van der Waals surface area contributed by atoms with Crippen molar-refractivity contribution < 1.29 is 31.1 Å². The van der Waals surface area contributed by atoms with Gasteiger partial charge in [-0.05, 0) is 37.0 Å². The summed E-state index contributed by atoms with van der Waals surface area (Å²) in [4.78, 5) is 13.7. The molecule has 9 heteroatoms. The lowest BCUT2D eigenvalue weighted by Crippen LogP contribution is -2.21. The van der Waals surface area contributed by atoms with Gasteiger partial charge in [0.05, 0.1) is 17.8 Å². The maximum absolute atomic E-state index is 12.7. The van der Waals surface area contributed by atoms with Crippen molar-refractivity contribution in [2.24, 2.45) is 5.41 Å². The molecule has 2 aromatic rings. The number of hydrogen-bond acceptors (Lipinski definition) is 3. The quantitative estimate of drug-likeness (QED) is 0.318. The number of terminal acetylenes is 1. The summed E-state index contributed by atoms with van der Waals surface area (Å²) in [6.07, 6.45) is 0.341. The van der Waals surface area contributed by atoms with Gasteiger partial charge >= 0.3 is 12.4 Å². The highest BCUT2D eigenvalue weighted by Gasteiger charge is 2.35. The van der Waals surface area contributed by atoms with Gasteiger partial charge in [-0.3, -0.25) is 0 Å². The van der Waals surface area contributed by atoms with E-state index in [0.717, 1.165) is 42.4 Å². The maximum Gasteiger partial charge on any atom is 0.433 e. The number of aromatic nitrogens is 1. The highest BCUT2D eigenvalue weighted by Crippen LogP contribution is 2.35. The van der Waals surface area contributed by atoms with Gasteiger partial charge < -0.3 is 9.69 Å². The van der Waals surface area contributed by atoms with E-state index < -0.39 is 23.6 Å². The van der Waals surface area contributed by atoms with E-state index in [0.29, 0.717) is 17.8 Å². The third-order valence-corrected chi connectivity index (χ3v) is 4.77. The zero-order valence-corrected chi connectivity index (χ0v) is 20.2. The Hall–Kier alpha value is -3.28. The van der Waals surface area contributed by atoms with Crippen LogP contribution in [-0.2, 0) is 23.7 Å². The molecule has 0 fully saturated rings. The van der Waals surface area contributed by atoms with Crippen LogP contribution >= 0.6 is 0 Å². The summed E-state index contributed by atoms with van der Waals surface area (Å²) < 4.78 is 73.9. The molecule has 0 N–H and O–H groups in total. The molecule has 0 spiro atoms. The highest BCUT2D eigenvalue weighted by molar-refractivity contribution is 5.67. The normalized spacial score (nSPS) is 12.8. The number of aryl methyl sites for hydroxylation is 1. The monoisotopic (exact) mass is 500 g/mol. The van der Waals surface area contributed by atoms with Gasteiger partial charge in [-0.15, -0.1) is 12.8 Å². The van der Waals surface area contributed by atoms with Gasteiger partial charge in [0.15, 0.2) is 0 Å². The molecule has 0 unspecified atom stereocenters. The molecule has 3 rings (SSSR count). The van der Waals surface area contributed by atoms with Crippen LogP contribution in [0.4, 0.5) is 26.3 Å². The van der Waals surface area contributed by atoms with Crippen molar-refractivity contribution in [3.8, 4) is 12.8 Å². The van der Waals surface area contributed by atoms with Crippen molar-refractivity contribution in [2.45, 2.75) is 53.0 Å². The number of benzene rings is 1. The molecule has 0 amide bonds. The zero-order valence-electron chi connectivity index (χ0n) is 20.2. The molecule has 3 nitrogen and oxygen atoms in total. The first kappa shape index (κ1) is 31.7. The van der Waals surface area contributed by atoms with Gasteiger partial charge in [-0.25, -0.2) is 4.98 Å². The third kappa shape index (κ3) is 10.3. The molecular weight excluding hydrogens is 470 g/mol. The standard InChI is InChI=1S/C15H19F3N2.C8H7F3.C2H2.CH2O/c1-10-11-5-6-13(15(16,17)18)19-12(11)9-20(10)8-7-14(2,3)4;1-6-3-2-4-7(5-6)8(9,10)11;2*1-2/h5-6H,1,7-9H2,2-4H3;2-5H,1H3;1-2H;1H2. The van der Waals surface area contributed by atoms with E-state index in [1.54, 1.807) is 13.0 Å². The van der Waals surface area contributed by atoms with E-state index in [4.69, 9.17) is 4.79 Å². The minimum atomic E-state index is -4.39. The highest BCUT2D eigenvalue weighted by atomic mass is 19.4. The molecule has 0 saturated carbocycles. The Morgan fingerprint density at radius 3 is 1.97 bits per heavy atom. The molecule has 1 aromatic heterocycles. The van der Waals surface area contributed by atoms with Crippen molar-refractivity contribution in [2.75, 3.05) is 6.54 Å². The summed E-state index contributed by atoms with van der Waals surface area (Å²) in [5.41, 5.74) is 1.36. The largest absolute Gasteiger partial charge is 0.433 e. The van der Waals surface area contributed by atoms with Crippen LogP contribution < -0.4 is 0 Å². The Morgan fingerprint density at radius 2 is 1.54 bits per heavy atom. The fourth-order valence-electron chi connectivity index (χ4n) is 2.99. The average Bonchev–Trinajstić information content (AvgIpc) is 3.09. The summed E-state index contributed by atoms with van der Waals surface area (Å²) in [6, 6.07) is 7.72. The average molecular weight is 501 g/mol. The van der Waals surface area contributed by atoms with Crippen molar-refractivity contribution in [1.29, 1.82) is 0 Å². The fourth-order valence-corrected chi connectivity index (χ4v) is 2.99. The van der Waals surface area contributed by atoms with Crippen LogP contribution in [0.1, 0.15) is 55.3 Å². The van der Waals surface area contributed by atoms with Crippen molar-refractivity contribution in [1.82, 2.24) is 9.88 Å². The molecule has 35 heavy (non-hydrogen) atoms. The molecule has 0 radical (unpaired) electrons. The van der Waals surface area contributed by atoms with E-state index >= 15 is 0 Å². The fraction of sp³-hybridized carbons (Fsp3) is 0.385. The van der Waals surface area contributed by atoms with E-state index in [1.165, 1.54) is 12.1 Å². The number of hydrogen-bond donors (Lipinski definition) is 0. The number of pyridine rings is 1. The molecule has 0 aliphatic carbocycles. The van der Waals surface area contributed by atoms with Crippen LogP contribution in [0.5, 0.6) is 0 Å². The first-order chi connectivity index (χ1) is 16.1. The molecule has 192 valence electrons. The summed E-state index contributed by atoms with van der Waals surface area (Å²) in [5, 5.41) is 0. The van der Waals surface area contributed by atoms with E-state index in [-0.39, 0.29) is 5.41 Å². The predicted octanol–water partition coefficient (Wildman–Crippen LogP) is 7.40. The minimum Gasteiger partial charge on any atom is -0.366 e. The molecule has 1 aromatic carbocycles. The van der Waals surface area contributed by atoms with E-state index in [2.05, 4.69) is 45.2 Å². The Labute approximate surface area is 202 Å². The molecule has 0 saturated heterocycles. The van der Waals surface area contributed by atoms with Gasteiger partial charge in [0.25, 0.3) is 0 Å². The van der Waals surface area contributed by atoms with Crippen LogP contribution in [0.3, 0.4) is 0 Å². The van der Waals surface area contributed by atoms with Crippen LogP contribution in [-0.4, -0.2) is 23.2 Å². The van der Waals surface area contributed by atoms with Crippen molar-refractivity contribution >= 4 is 12.5 Å². The summed E-state index contributed by atoms with van der Waals surface area (Å²) in [6.45, 7) is 15.2. The van der Waals surface area contributed by atoms with Gasteiger partial charge in [0, 0.05) is 17.8 Å². The number of carbonyl (C=O) groups excluding carboxylic acids is 1. The van der Waals surface area contributed by atoms with Gasteiger partial charge in [0.1, 0.15) is 12.5 Å². The molecule has 1 aliphatic heterocycles. The lowest BCUT2D eigenvalue weighted by atomic mass is 9.92. The van der Waals surface area contributed by atoms with Crippen LogP contribution in [0.2, 0.25) is 0 Å².